The number of aliphatic hydroxyl groups is 1. The molecule has 5 heteroatoms. The number of halogens is 1. The van der Waals surface area contributed by atoms with Gasteiger partial charge in [-0.1, -0.05) is 0 Å². The molecule has 1 aromatic carbocycles. The molecule has 19 heavy (non-hydrogen) atoms. The first kappa shape index (κ1) is 13.8. The molecule has 0 radical (unpaired) electrons. The monoisotopic (exact) mass is 267 g/mol. The topological polar surface area (TPSA) is 58.6 Å². The Balaban J connectivity index is 2.07. The highest BCUT2D eigenvalue weighted by atomic mass is 19.1. The lowest BCUT2D eigenvalue weighted by atomic mass is 9.94. The number of fused-ring (bicyclic) bond motifs is 1. The van der Waals surface area contributed by atoms with Gasteiger partial charge in [0, 0.05) is 0 Å². The van der Waals surface area contributed by atoms with Crippen LogP contribution in [-0.2, 0) is 11.2 Å². The molecule has 2 rings (SSSR count). The molecule has 4 nitrogen and oxygen atoms in total. The average molecular weight is 267 g/mol. The van der Waals surface area contributed by atoms with Crippen molar-refractivity contribution in [3.8, 4) is 5.75 Å². The van der Waals surface area contributed by atoms with Crippen LogP contribution in [0.3, 0.4) is 0 Å². The summed E-state index contributed by atoms with van der Waals surface area (Å²) in [7, 11) is 0. The Morgan fingerprint density at radius 3 is 3.00 bits per heavy atom. The number of carbonyl (C=O) groups excluding carboxylic acids is 1. The van der Waals surface area contributed by atoms with Crippen LogP contribution in [0.25, 0.3) is 0 Å². The number of amides is 1. The minimum Gasteiger partial charge on any atom is -0.492 e. The molecule has 0 saturated heterocycles. The number of carbonyl (C=O) groups is 1. The van der Waals surface area contributed by atoms with E-state index in [9.17, 15) is 9.18 Å². The third kappa shape index (κ3) is 3.23. The summed E-state index contributed by atoms with van der Waals surface area (Å²) >= 11 is 0. The first-order valence-electron chi connectivity index (χ1n) is 6.25. The molecule has 1 atom stereocenters. The van der Waals surface area contributed by atoms with Gasteiger partial charge in [0.2, 0.25) is 5.91 Å². The van der Waals surface area contributed by atoms with E-state index in [2.05, 4.69) is 5.32 Å². The summed E-state index contributed by atoms with van der Waals surface area (Å²) in [5.74, 6) is -0.250. The van der Waals surface area contributed by atoms with Crippen LogP contribution in [0.4, 0.5) is 4.39 Å². The Kier molecular flexibility index (Phi) is 3.75. The quantitative estimate of drug-likeness (QED) is 0.867. The lowest BCUT2D eigenvalue weighted by Crippen LogP contribution is -2.50. The van der Waals surface area contributed by atoms with E-state index in [1.807, 2.05) is 0 Å². The molecule has 2 N–H and O–H groups in total. The molecule has 0 aromatic heterocycles. The molecule has 0 fully saturated rings. The van der Waals surface area contributed by atoms with Crippen LogP contribution in [0.2, 0.25) is 0 Å². The molecule has 0 aliphatic carbocycles. The second-order valence-electron chi connectivity index (χ2n) is 5.50. The van der Waals surface area contributed by atoms with Gasteiger partial charge in [0.1, 0.15) is 18.2 Å². The maximum atomic E-state index is 13.2. The fourth-order valence-corrected chi connectivity index (χ4v) is 2.01. The van der Waals surface area contributed by atoms with Gasteiger partial charge < -0.3 is 15.2 Å². The van der Waals surface area contributed by atoms with Gasteiger partial charge in [-0.3, -0.25) is 4.79 Å². The van der Waals surface area contributed by atoms with E-state index in [0.29, 0.717) is 17.7 Å². The number of hydrogen-bond donors (Lipinski definition) is 2. The van der Waals surface area contributed by atoms with Crippen LogP contribution in [0.15, 0.2) is 18.2 Å². The molecule has 0 spiro atoms. The van der Waals surface area contributed by atoms with Crippen molar-refractivity contribution >= 4 is 5.91 Å². The zero-order valence-electron chi connectivity index (χ0n) is 11.1. The van der Waals surface area contributed by atoms with Crippen LogP contribution in [0.1, 0.15) is 19.4 Å². The van der Waals surface area contributed by atoms with Crippen LogP contribution in [-0.4, -0.2) is 29.8 Å². The Morgan fingerprint density at radius 2 is 2.32 bits per heavy atom. The third-order valence-electron chi connectivity index (χ3n) is 3.16. The van der Waals surface area contributed by atoms with E-state index in [0.717, 1.165) is 0 Å². The Bertz CT molecular complexity index is 488. The van der Waals surface area contributed by atoms with Crippen molar-refractivity contribution in [1.82, 2.24) is 5.32 Å². The smallest absolute Gasteiger partial charge is 0.227 e. The fourth-order valence-electron chi connectivity index (χ4n) is 2.01. The largest absolute Gasteiger partial charge is 0.492 e. The van der Waals surface area contributed by atoms with Gasteiger partial charge in [0.05, 0.1) is 18.1 Å². The molecular weight excluding hydrogens is 249 g/mol. The standard InChI is InChI=1S/C14H18FNO3/c1-14(2,8-17)16-13(18)10-5-9-6-11(15)3-4-12(9)19-7-10/h3-4,6,10,17H,5,7-8H2,1-2H3,(H,16,18). The highest BCUT2D eigenvalue weighted by Gasteiger charge is 2.29. The number of hydrogen-bond acceptors (Lipinski definition) is 3. The predicted octanol–water partition coefficient (Wildman–Crippen LogP) is 1.26. The molecule has 0 saturated carbocycles. The first-order valence-corrected chi connectivity index (χ1v) is 6.25. The maximum absolute atomic E-state index is 13.2. The predicted molar refractivity (Wildman–Crippen MR) is 68.4 cm³/mol. The van der Waals surface area contributed by atoms with Crippen molar-refractivity contribution in [3.05, 3.63) is 29.6 Å². The average Bonchev–Trinajstić information content (AvgIpc) is 2.37. The molecule has 1 amide bonds. The van der Waals surface area contributed by atoms with E-state index in [1.54, 1.807) is 19.9 Å². The van der Waals surface area contributed by atoms with E-state index < -0.39 is 5.54 Å². The lowest BCUT2D eigenvalue weighted by molar-refractivity contribution is -0.128. The molecule has 1 aliphatic rings. The first-order chi connectivity index (χ1) is 8.91. The number of rotatable bonds is 3. The van der Waals surface area contributed by atoms with E-state index in [4.69, 9.17) is 9.84 Å². The van der Waals surface area contributed by atoms with E-state index in [1.165, 1.54) is 12.1 Å². The van der Waals surface area contributed by atoms with Gasteiger partial charge in [-0.2, -0.15) is 0 Å². The Labute approximate surface area is 111 Å². The van der Waals surface area contributed by atoms with Crippen molar-refractivity contribution in [2.24, 2.45) is 5.92 Å². The third-order valence-corrected chi connectivity index (χ3v) is 3.16. The number of benzene rings is 1. The molecule has 1 unspecified atom stereocenters. The Morgan fingerprint density at radius 1 is 1.58 bits per heavy atom. The summed E-state index contributed by atoms with van der Waals surface area (Å²) in [6.45, 7) is 3.61. The zero-order valence-corrected chi connectivity index (χ0v) is 11.1. The number of nitrogens with one attached hydrogen (secondary N) is 1. The van der Waals surface area contributed by atoms with Gasteiger partial charge in [-0.25, -0.2) is 4.39 Å². The van der Waals surface area contributed by atoms with Crippen molar-refractivity contribution in [2.75, 3.05) is 13.2 Å². The van der Waals surface area contributed by atoms with E-state index >= 15 is 0 Å². The minimum absolute atomic E-state index is 0.141. The summed E-state index contributed by atoms with van der Waals surface area (Å²) in [4.78, 5) is 12.1. The normalized spacial score (nSPS) is 18.4. The molecular formula is C14H18FNO3. The second kappa shape index (κ2) is 5.17. The summed E-state index contributed by atoms with van der Waals surface area (Å²) in [5, 5.41) is 11.9. The van der Waals surface area contributed by atoms with Gasteiger partial charge in [-0.05, 0) is 44.0 Å². The van der Waals surface area contributed by atoms with E-state index in [-0.39, 0.29) is 30.9 Å². The maximum Gasteiger partial charge on any atom is 0.227 e. The SMILES string of the molecule is CC(C)(CO)NC(=O)C1COc2ccc(F)cc2C1. The minimum atomic E-state index is -0.667. The summed E-state index contributed by atoms with van der Waals surface area (Å²) in [6.07, 6.45) is 0.445. The van der Waals surface area contributed by atoms with Crippen LogP contribution >= 0.6 is 0 Å². The van der Waals surface area contributed by atoms with Gasteiger partial charge in [-0.15, -0.1) is 0 Å². The molecule has 1 heterocycles. The molecule has 104 valence electrons. The highest BCUT2D eigenvalue weighted by molar-refractivity contribution is 5.80. The van der Waals surface area contributed by atoms with Crippen LogP contribution in [0.5, 0.6) is 5.75 Å². The fraction of sp³-hybridized carbons (Fsp3) is 0.500. The number of ether oxygens (including phenoxy) is 1. The highest BCUT2D eigenvalue weighted by Crippen LogP contribution is 2.28. The number of aliphatic hydroxyl groups excluding tert-OH is 1. The summed E-state index contributed by atoms with van der Waals surface area (Å²) in [5.41, 5.74) is 0.0347. The van der Waals surface area contributed by atoms with Crippen molar-refractivity contribution in [2.45, 2.75) is 25.8 Å². The Hall–Kier alpha value is -1.62. The molecule has 1 aromatic rings. The molecule has 0 bridgehead atoms. The van der Waals surface area contributed by atoms with Crippen molar-refractivity contribution in [3.63, 3.8) is 0 Å². The summed E-state index contributed by atoms with van der Waals surface area (Å²) < 4.78 is 18.6. The summed E-state index contributed by atoms with van der Waals surface area (Å²) in [6, 6.07) is 4.32. The van der Waals surface area contributed by atoms with Crippen LogP contribution < -0.4 is 10.1 Å². The zero-order chi connectivity index (χ0) is 14.0. The lowest BCUT2D eigenvalue weighted by Gasteiger charge is -2.29. The van der Waals surface area contributed by atoms with Crippen molar-refractivity contribution < 1.29 is 19.0 Å². The molecule has 1 aliphatic heterocycles. The van der Waals surface area contributed by atoms with Gasteiger partial charge >= 0.3 is 0 Å². The van der Waals surface area contributed by atoms with Gasteiger partial charge in [0.25, 0.3) is 0 Å². The second-order valence-corrected chi connectivity index (χ2v) is 5.50. The van der Waals surface area contributed by atoms with Crippen molar-refractivity contribution in [1.29, 1.82) is 0 Å². The van der Waals surface area contributed by atoms with Gasteiger partial charge in [0.15, 0.2) is 0 Å². The van der Waals surface area contributed by atoms with Crippen LogP contribution in [0, 0.1) is 11.7 Å².